The highest BCUT2D eigenvalue weighted by Crippen LogP contribution is 2.16. The molecule has 2 N–H and O–H groups in total. The molecule has 0 spiro atoms. The third-order valence-electron chi connectivity index (χ3n) is 3.26. The molecule has 0 saturated carbocycles. The number of benzene rings is 2. The number of para-hydroxylation sites is 1. The van der Waals surface area contributed by atoms with Crippen LogP contribution in [0.3, 0.4) is 0 Å². The van der Waals surface area contributed by atoms with Crippen LogP contribution in [-0.4, -0.2) is 19.1 Å². The first-order valence-electron chi connectivity index (χ1n) is 7.51. The van der Waals surface area contributed by atoms with Crippen LogP contribution >= 0.6 is 0 Å². The van der Waals surface area contributed by atoms with Gasteiger partial charge in [-0.05, 0) is 49.7 Å². The molecule has 2 aromatic rings. The van der Waals surface area contributed by atoms with E-state index in [1.807, 2.05) is 62.4 Å². The van der Waals surface area contributed by atoms with Crippen LogP contribution in [0.1, 0.15) is 18.9 Å². The number of hydrogen-bond donors (Lipinski definition) is 2. The van der Waals surface area contributed by atoms with E-state index in [1.165, 1.54) is 5.56 Å². The van der Waals surface area contributed by atoms with Crippen LogP contribution in [0.15, 0.2) is 48.5 Å². The Kier molecular flexibility index (Phi) is 5.83. The van der Waals surface area contributed by atoms with Crippen molar-refractivity contribution in [3.63, 3.8) is 0 Å². The van der Waals surface area contributed by atoms with E-state index >= 15 is 0 Å². The molecular formula is C18H22N2O2. The van der Waals surface area contributed by atoms with Crippen LogP contribution in [0.2, 0.25) is 0 Å². The molecular weight excluding hydrogens is 276 g/mol. The van der Waals surface area contributed by atoms with Gasteiger partial charge >= 0.3 is 0 Å². The first-order chi connectivity index (χ1) is 10.7. The molecule has 0 heterocycles. The molecule has 0 aromatic heterocycles. The quantitative estimate of drug-likeness (QED) is 0.816. The maximum atomic E-state index is 11.9. The third-order valence-corrected chi connectivity index (χ3v) is 3.26. The summed E-state index contributed by atoms with van der Waals surface area (Å²) in [6.45, 7) is 5.23. The summed E-state index contributed by atoms with van der Waals surface area (Å²) < 4.78 is 5.37. The molecule has 2 aromatic carbocycles. The summed E-state index contributed by atoms with van der Waals surface area (Å²) in [7, 11) is 0. The molecule has 0 unspecified atom stereocenters. The zero-order chi connectivity index (χ0) is 15.8. The van der Waals surface area contributed by atoms with Gasteiger partial charge in [-0.15, -0.1) is 0 Å². The Hall–Kier alpha value is -2.49. The van der Waals surface area contributed by atoms with Crippen LogP contribution < -0.4 is 15.4 Å². The van der Waals surface area contributed by atoms with Gasteiger partial charge in [0.15, 0.2) is 0 Å². The zero-order valence-corrected chi connectivity index (χ0v) is 13.1. The summed E-state index contributed by atoms with van der Waals surface area (Å²) in [5, 5.41) is 6.15. The van der Waals surface area contributed by atoms with Crippen molar-refractivity contribution in [2.45, 2.75) is 20.3 Å². The maximum Gasteiger partial charge on any atom is 0.226 e. The average Bonchev–Trinajstić information content (AvgIpc) is 2.51. The topological polar surface area (TPSA) is 50.4 Å². The molecule has 0 aliphatic carbocycles. The van der Waals surface area contributed by atoms with Crippen LogP contribution in [0.5, 0.6) is 5.75 Å². The number of amides is 1. The molecule has 1 amide bonds. The SMILES string of the molecule is CCOc1ccc(NC(=O)CCNc2ccccc2C)cc1. The molecule has 0 aliphatic rings. The fourth-order valence-electron chi connectivity index (χ4n) is 2.11. The van der Waals surface area contributed by atoms with E-state index in [4.69, 9.17) is 4.74 Å². The number of carbonyl (C=O) groups excluding carboxylic acids is 1. The van der Waals surface area contributed by atoms with Crippen molar-refractivity contribution in [1.82, 2.24) is 0 Å². The van der Waals surface area contributed by atoms with Gasteiger partial charge < -0.3 is 15.4 Å². The van der Waals surface area contributed by atoms with E-state index < -0.39 is 0 Å². The van der Waals surface area contributed by atoms with Crippen LogP contribution in [-0.2, 0) is 4.79 Å². The minimum absolute atomic E-state index is 0.00903. The van der Waals surface area contributed by atoms with Crippen molar-refractivity contribution >= 4 is 17.3 Å². The zero-order valence-electron chi connectivity index (χ0n) is 13.1. The Labute approximate surface area is 131 Å². The lowest BCUT2D eigenvalue weighted by Crippen LogP contribution is -2.16. The lowest BCUT2D eigenvalue weighted by atomic mass is 10.2. The van der Waals surface area contributed by atoms with Crippen LogP contribution in [0.25, 0.3) is 0 Å². The first-order valence-corrected chi connectivity index (χ1v) is 7.51. The molecule has 116 valence electrons. The van der Waals surface area contributed by atoms with Gasteiger partial charge in [0.25, 0.3) is 0 Å². The largest absolute Gasteiger partial charge is 0.494 e. The van der Waals surface area contributed by atoms with Gasteiger partial charge in [0, 0.05) is 24.3 Å². The molecule has 2 rings (SSSR count). The molecule has 4 heteroatoms. The van der Waals surface area contributed by atoms with E-state index in [1.54, 1.807) is 0 Å². The fraction of sp³-hybridized carbons (Fsp3) is 0.278. The number of ether oxygens (including phenoxy) is 1. The summed E-state index contributed by atoms with van der Waals surface area (Å²) in [5.41, 5.74) is 3.02. The Balaban J connectivity index is 1.77. The van der Waals surface area contributed by atoms with Gasteiger partial charge in [-0.3, -0.25) is 4.79 Å². The van der Waals surface area contributed by atoms with Gasteiger partial charge in [-0.25, -0.2) is 0 Å². The van der Waals surface area contributed by atoms with E-state index in [0.717, 1.165) is 17.1 Å². The number of rotatable bonds is 7. The Morgan fingerprint density at radius 2 is 1.82 bits per heavy atom. The number of aryl methyl sites for hydroxylation is 1. The average molecular weight is 298 g/mol. The van der Waals surface area contributed by atoms with Crippen LogP contribution in [0.4, 0.5) is 11.4 Å². The molecule has 22 heavy (non-hydrogen) atoms. The van der Waals surface area contributed by atoms with Crippen molar-refractivity contribution < 1.29 is 9.53 Å². The van der Waals surface area contributed by atoms with Crippen molar-refractivity contribution in [3.8, 4) is 5.75 Å². The maximum absolute atomic E-state index is 11.9. The highest BCUT2D eigenvalue weighted by Gasteiger charge is 2.03. The summed E-state index contributed by atoms with van der Waals surface area (Å²) >= 11 is 0. The standard InChI is InChI=1S/C18H22N2O2/c1-3-22-16-10-8-15(9-11-16)20-18(21)12-13-19-17-7-5-4-6-14(17)2/h4-11,19H,3,12-13H2,1-2H3,(H,20,21). The molecule has 0 fully saturated rings. The molecule has 0 bridgehead atoms. The predicted octanol–water partition coefficient (Wildman–Crippen LogP) is 3.83. The molecule has 0 radical (unpaired) electrons. The van der Waals surface area contributed by atoms with Crippen molar-refractivity contribution in [2.75, 3.05) is 23.8 Å². The van der Waals surface area contributed by atoms with Crippen molar-refractivity contribution in [2.24, 2.45) is 0 Å². The van der Waals surface area contributed by atoms with E-state index in [-0.39, 0.29) is 5.91 Å². The third kappa shape index (κ3) is 4.81. The Morgan fingerprint density at radius 3 is 2.50 bits per heavy atom. The monoisotopic (exact) mass is 298 g/mol. The number of nitrogens with one attached hydrogen (secondary N) is 2. The molecule has 0 aliphatic heterocycles. The Morgan fingerprint density at radius 1 is 1.09 bits per heavy atom. The van der Waals surface area contributed by atoms with Crippen molar-refractivity contribution in [3.05, 3.63) is 54.1 Å². The summed E-state index contributed by atoms with van der Waals surface area (Å²) in [6.07, 6.45) is 0.418. The minimum Gasteiger partial charge on any atom is -0.494 e. The first kappa shape index (κ1) is 15.9. The second-order valence-corrected chi connectivity index (χ2v) is 5.00. The van der Waals surface area contributed by atoms with E-state index in [0.29, 0.717) is 19.6 Å². The van der Waals surface area contributed by atoms with Gasteiger partial charge in [0.1, 0.15) is 5.75 Å². The van der Waals surface area contributed by atoms with Gasteiger partial charge in [-0.1, -0.05) is 18.2 Å². The minimum atomic E-state index is -0.00903. The summed E-state index contributed by atoms with van der Waals surface area (Å²) in [6, 6.07) is 15.4. The lowest BCUT2D eigenvalue weighted by molar-refractivity contribution is -0.115. The molecule has 0 atom stereocenters. The van der Waals surface area contributed by atoms with Gasteiger partial charge in [-0.2, -0.15) is 0 Å². The highest BCUT2D eigenvalue weighted by molar-refractivity contribution is 5.91. The second-order valence-electron chi connectivity index (χ2n) is 5.00. The Bertz CT molecular complexity index is 609. The summed E-state index contributed by atoms with van der Waals surface area (Å²) in [4.78, 5) is 11.9. The lowest BCUT2D eigenvalue weighted by Gasteiger charge is -2.10. The van der Waals surface area contributed by atoms with Gasteiger partial charge in [0.2, 0.25) is 5.91 Å². The highest BCUT2D eigenvalue weighted by atomic mass is 16.5. The van der Waals surface area contributed by atoms with Gasteiger partial charge in [0.05, 0.1) is 6.61 Å². The smallest absolute Gasteiger partial charge is 0.226 e. The van der Waals surface area contributed by atoms with E-state index in [2.05, 4.69) is 10.6 Å². The molecule has 0 saturated heterocycles. The normalized spacial score (nSPS) is 10.1. The second kappa shape index (κ2) is 8.08. The van der Waals surface area contributed by atoms with Crippen LogP contribution in [0, 0.1) is 6.92 Å². The number of hydrogen-bond acceptors (Lipinski definition) is 3. The number of carbonyl (C=O) groups is 1. The van der Waals surface area contributed by atoms with Crippen molar-refractivity contribution in [1.29, 1.82) is 0 Å². The number of anilines is 2. The predicted molar refractivity (Wildman–Crippen MR) is 90.5 cm³/mol. The van der Waals surface area contributed by atoms with E-state index in [9.17, 15) is 4.79 Å². The fourth-order valence-corrected chi connectivity index (χ4v) is 2.11. The summed E-state index contributed by atoms with van der Waals surface area (Å²) in [5.74, 6) is 0.798. The molecule has 4 nitrogen and oxygen atoms in total.